The summed E-state index contributed by atoms with van der Waals surface area (Å²) in [7, 11) is -2.11. The molecule has 4 N–H and O–H groups in total. The number of benzene rings is 1. The molecule has 1 heterocycles. The zero-order chi connectivity index (χ0) is 14.6. The van der Waals surface area contributed by atoms with E-state index in [1.54, 1.807) is 12.3 Å². The molecule has 0 radical (unpaired) electrons. The monoisotopic (exact) mass is 292 g/mol. The van der Waals surface area contributed by atoms with Gasteiger partial charge in [-0.3, -0.25) is 4.98 Å². The van der Waals surface area contributed by atoms with Gasteiger partial charge in [-0.05, 0) is 37.4 Å². The van der Waals surface area contributed by atoms with E-state index >= 15 is 0 Å². The van der Waals surface area contributed by atoms with Crippen molar-refractivity contribution in [3.05, 3.63) is 48.3 Å². The summed E-state index contributed by atoms with van der Waals surface area (Å²) in [6, 6.07) is 10.1. The Hall–Kier alpha value is -2.12. The molecule has 0 spiro atoms. The summed E-state index contributed by atoms with van der Waals surface area (Å²) in [4.78, 5) is 4.34. The van der Waals surface area contributed by atoms with E-state index in [0.717, 1.165) is 5.69 Å². The van der Waals surface area contributed by atoms with Crippen LogP contribution in [-0.2, 0) is 16.6 Å². The maximum absolute atomic E-state index is 11.7. The molecule has 0 saturated heterocycles. The number of nitrogen functional groups attached to an aromatic ring is 1. The molecule has 7 heteroatoms. The van der Waals surface area contributed by atoms with Crippen LogP contribution in [-0.4, -0.2) is 20.4 Å². The van der Waals surface area contributed by atoms with E-state index in [-0.39, 0.29) is 4.90 Å². The Morgan fingerprint density at radius 3 is 2.70 bits per heavy atom. The molecule has 0 aliphatic carbocycles. The second-order valence-corrected chi connectivity index (χ2v) is 6.02. The fourth-order valence-electron chi connectivity index (χ4n) is 1.66. The molecule has 0 fully saturated rings. The molecule has 0 unspecified atom stereocenters. The van der Waals surface area contributed by atoms with Crippen LogP contribution >= 0.6 is 0 Å². The Bertz CT molecular complexity index is 687. The van der Waals surface area contributed by atoms with Gasteiger partial charge in [0.05, 0.1) is 28.5 Å². The lowest BCUT2D eigenvalue weighted by molar-refractivity contribution is 0.588. The van der Waals surface area contributed by atoms with Gasteiger partial charge in [0, 0.05) is 6.20 Å². The van der Waals surface area contributed by atoms with Crippen molar-refractivity contribution in [1.29, 1.82) is 0 Å². The summed E-state index contributed by atoms with van der Waals surface area (Å²) < 4.78 is 25.8. The Morgan fingerprint density at radius 2 is 2.05 bits per heavy atom. The Labute approximate surface area is 118 Å². The highest BCUT2D eigenvalue weighted by Gasteiger charge is 2.13. The van der Waals surface area contributed by atoms with Crippen molar-refractivity contribution in [3.8, 4) is 0 Å². The zero-order valence-electron chi connectivity index (χ0n) is 11.0. The molecule has 6 nitrogen and oxygen atoms in total. The first-order valence-electron chi connectivity index (χ1n) is 6.00. The van der Waals surface area contributed by atoms with E-state index in [1.807, 2.05) is 18.2 Å². The smallest absolute Gasteiger partial charge is 0.240 e. The van der Waals surface area contributed by atoms with Crippen LogP contribution in [0.2, 0.25) is 0 Å². The van der Waals surface area contributed by atoms with E-state index in [9.17, 15) is 8.42 Å². The normalized spacial score (nSPS) is 11.2. The molecule has 1 aromatic heterocycles. The number of hydrogen-bond donors (Lipinski definition) is 3. The highest BCUT2D eigenvalue weighted by atomic mass is 32.2. The molecule has 0 aliphatic heterocycles. The van der Waals surface area contributed by atoms with Gasteiger partial charge in [0.1, 0.15) is 0 Å². The van der Waals surface area contributed by atoms with Gasteiger partial charge >= 0.3 is 0 Å². The Kier molecular flexibility index (Phi) is 4.21. The second-order valence-electron chi connectivity index (χ2n) is 4.13. The number of sulfonamides is 1. The predicted octanol–water partition coefficient (Wildman–Crippen LogP) is 1.18. The van der Waals surface area contributed by atoms with Crippen molar-refractivity contribution in [2.75, 3.05) is 18.1 Å². The third-order valence-electron chi connectivity index (χ3n) is 2.79. The van der Waals surface area contributed by atoms with Gasteiger partial charge in [0.15, 0.2) is 0 Å². The average molecular weight is 292 g/mol. The summed E-state index contributed by atoms with van der Waals surface area (Å²) in [6.07, 6.45) is 1.70. The third kappa shape index (κ3) is 3.25. The minimum atomic E-state index is -3.48. The average Bonchev–Trinajstić information content (AvgIpc) is 2.47. The number of aromatic nitrogens is 1. The van der Waals surface area contributed by atoms with Gasteiger partial charge < -0.3 is 11.1 Å². The van der Waals surface area contributed by atoms with Gasteiger partial charge in [-0.1, -0.05) is 6.07 Å². The molecule has 20 heavy (non-hydrogen) atoms. The summed E-state index contributed by atoms with van der Waals surface area (Å²) in [5.74, 6) is 0. The van der Waals surface area contributed by atoms with E-state index in [1.165, 1.54) is 19.2 Å². The van der Waals surface area contributed by atoms with Crippen LogP contribution in [0.15, 0.2) is 47.5 Å². The van der Waals surface area contributed by atoms with Crippen molar-refractivity contribution < 1.29 is 8.42 Å². The molecular weight excluding hydrogens is 276 g/mol. The summed E-state index contributed by atoms with van der Waals surface area (Å²) in [6.45, 7) is 0.466. The molecular formula is C13H16N4O2S. The summed E-state index contributed by atoms with van der Waals surface area (Å²) >= 11 is 0. The zero-order valence-corrected chi connectivity index (χ0v) is 11.8. The largest absolute Gasteiger partial charge is 0.397 e. The van der Waals surface area contributed by atoms with Crippen molar-refractivity contribution in [2.24, 2.45) is 0 Å². The number of hydrogen-bond acceptors (Lipinski definition) is 5. The second kappa shape index (κ2) is 5.89. The lowest BCUT2D eigenvalue weighted by Crippen LogP contribution is -2.18. The topological polar surface area (TPSA) is 97.1 Å². The van der Waals surface area contributed by atoms with E-state index in [0.29, 0.717) is 17.9 Å². The molecule has 0 atom stereocenters. The first-order valence-corrected chi connectivity index (χ1v) is 7.48. The number of rotatable bonds is 5. The predicted molar refractivity (Wildman–Crippen MR) is 78.7 cm³/mol. The summed E-state index contributed by atoms with van der Waals surface area (Å²) in [5.41, 5.74) is 7.73. The summed E-state index contributed by atoms with van der Waals surface area (Å²) in [5, 5.41) is 3.09. The van der Waals surface area contributed by atoms with Crippen molar-refractivity contribution >= 4 is 21.4 Å². The first-order chi connectivity index (χ1) is 9.53. The van der Waals surface area contributed by atoms with E-state index < -0.39 is 10.0 Å². The quantitative estimate of drug-likeness (QED) is 0.719. The van der Waals surface area contributed by atoms with Crippen molar-refractivity contribution in [1.82, 2.24) is 9.71 Å². The minimum absolute atomic E-state index is 0.165. The van der Waals surface area contributed by atoms with Gasteiger partial charge in [0.2, 0.25) is 10.0 Å². The molecule has 0 bridgehead atoms. The van der Waals surface area contributed by atoms with E-state index in [4.69, 9.17) is 5.73 Å². The van der Waals surface area contributed by atoms with Gasteiger partial charge in [0.25, 0.3) is 0 Å². The van der Waals surface area contributed by atoms with Crippen LogP contribution in [0, 0.1) is 0 Å². The lowest BCUT2D eigenvalue weighted by atomic mass is 10.2. The van der Waals surface area contributed by atoms with Crippen LogP contribution in [0.25, 0.3) is 0 Å². The van der Waals surface area contributed by atoms with Crippen molar-refractivity contribution in [3.63, 3.8) is 0 Å². The number of anilines is 2. The minimum Gasteiger partial charge on any atom is -0.397 e. The first kappa shape index (κ1) is 14.3. The molecule has 106 valence electrons. The lowest BCUT2D eigenvalue weighted by Gasteiger charge is -2.11. The van der Waals surface area contributed by atoms with Gasteiger partial charge in [-0.15, -0.1) is 0 Å². The van der Waals surface area contributed by atoms with Crippen molar-refractivity contribution in [2.45, 2.75) is 11.4 Å². The van der Waals surface area contributed by atoms with E-state index in [2.05, 4.69) is 15.0 Å². The Morgan fingerprint density at radius 1 is 1.25 bits per heavy atom. The Balaban J connectivity index is 2.22. The van der Waals surface area contributed by atoms with Crippen LogP contribution < -0.4 is 15.8 Å². The maximum Gasteiger partial charge on any atom is 0.240 e. The van der Waals surface area contributed by atoms with Crippen LogP contribution in [0.4, 0.5) is 11.4 Å². The van der Waals surface area contributed by atoms with Crippen LogP contribution in [0.3, 0.4) is 0 Å². The number of pyridine rings is 1. The van der Waals surface area contributed by atoms with Gasteiger partial charge in [-0.25, -0.2) is 13.1 Å². The molecule has 0 saturated carbocycles. The number of nitrogens with zero attached hydrogens (tertiary/aromatic N) is 1. The maximum atomic E-state index is 11.7. The third-order valence-corrected chi connectivity index (χ3v) is 4.20. The molecule has 0 amide bonds. The highest BCUT2D eigenvalue weighted by molar-refractivity contribution is 7.89. The van der Waals surface area contributed by atoms with Crippen LogP contribution in [0.5, 0.6) is 0 Å². The fraction of sp³-hybridized carbons (Fsp3) is 0.154. The highest BCUT2D eigenvalue weighted by Crippen LogP contribution is 2.23. The van der Waals surface area contributed by atoms with Crippen LogP contribution in [0.1, 0.15) is 5.69 Å². The molecule has 1 aromatic carbocycles. The number of nitrogens with two attached hydrogens (primary N) is 1. The molecule has 2 aromatic rings. The molecule has 2 rings (SSSR count). The SMILES string of the molecule is CNS(=O)(=O)c1ccc(N)c(NCc2ccccn2)c1. The standard InChI is InChI=1S/C13H16N4O2S/c1-15-20(18,19)11-5-6-12(14)13(8-11)17-9-10-4-2-3-7-16-10/h2-8,15,17H,9,14H2,1H3. The molecule has 0 aliphatic rings. The number of nitrogens with one attached hydrogen (secondary N) is 2. The fourth-order valence-corrected chi connectivity index (χ4v) is 2.42. The van der Waals surface area contributed by atoms with Gasteiger partial charge in [-0.2, -0.15) is 0 Å².